The highest BCUT2D eigenvalue weighted by molar-refractivity contribution is 6.30. The van der Waals surface area contributed by atoms with Gasteiger partial charge in [-0.1, -0.05) is 23.7 Å². The van der Waals surface area contributed by atoms with Gasteiger partial charge in [0.2, 0.25) is 0 Å². The summed E-state index contributed by atoms with van der Waals surface area (Å²) in [6.07, 6.45) is 0.183. The summed E-state index contributed by atoms with van der Waals surface area (Å²) in [5.41, 5.74) is 7.38. The first kappa shape index (κ1) is 15.7. The number of rotatable bonds is 5. The predicted octanol–water partition coefficient (Wildman–Crippen LogP) is 2.07. The molecule has 0 aliphatic carbocycles. The van der Waals surface area contributed by atoms with Crippen molar-refractivity contribution < 1.29 is 9.47 Å². The molecule has 1 aliphatic heterocycles. The highest BCUT2D eigenvalue weighted by atomic mass is 35.5. The zero-order valence-electron chi connectivity index (χ0n) is 12.3. The summed E-state index contributed by atoms with van der Waals surface area (Å²) in [7, 11) is 3.45. The maximum atomic E-state index is 6.20. The number of likely N-dealkylation sites (tertiary alicyclic amines) is 1. The Labute approximate surface area is 125 Å². The van der Waals surface area contributed by atoms with E-state index in [1.54, 1.807) is 14.2 Å². The van der Waals surface area contributed by atoms with Crippen LogP contribution in [0.25, 0.3) is 0 Å². The molecule has 1 aliphatic rings. The van der Waals surface area contributed by atoms with Crippen LogP contribution in [0.1, 0.15) is 18.5 Å². The second-order valence-electron chi connectivity index (χ2n) is 5.36. The molecule has 0 radical (unpaired) electrons. The van der Waals surface area contributed by atoms with E-state index in [9.17, 15) is 0 Å². The lowest BCUT2D eigenvalue weighted by Gasteiger charge is -2.31. The SMILES string of the molecule is COC1CN(C(c2ccc(Cl)cc2)C(C)N)CC1OC. The van der Waals surface area contributed by atoms with Crippen LogP contribution >= 0.6 is 11.6 Å². The Bertz CT molecular complexity index is 412. The van der Waals surface area contributed by atoms with E-state index in [0.717, 1.165) is 18.1 Å². The molecule has 4 nitrogen and oxygen atoms in total. The Hall–Kier alpha value is -0.650. The number of nitrogens with zero attached hydrogens (tertiary/aromatic N) is 1. The predicted molar refractivity (Wildman–Crippen MR) is 81.0 cm³/mol. The topological polar surface area (TPSA) is 47.7 Å². The number of ether oxygens (including phenoxy) is 2. The minimum Gasteiger partial charge on any atom is -0.377 e. The fraction of sp³-hybridized carbons (Fsp3) is 0.600. The van der Waals surface area contributed by atoms with Crippen molar-refractivity contribution in [1.29, 1.82) is 0 Å². The van der Waals surface area contributed by atoms with Crippen molar-refractivity contribution in [1.82, 2.24) is 4.90 Å². The van der Waals surface area contributed by atoms with Gasteiger partial charge < -0.3 is 15.2 Å². The normalized spacial score (nSPS) is 26.6. The average Bonchev–Trinajstić information content (AvgIpc) is 2.83. The number of methoxy groups -OCH3 is 2. The van der Waals surface area contributed by atoms with Gasteiger partial charge in [0.05, 0.1) is 12.2 Å². The molecule has 112 valence electrons. The molecule has 2 rings (SSSR count). The summed E-state index contributed by atoms with van der Waals surface area (Å²) in [5, 5.41) is 0.739. The van der Waals surface area contributed by atoms with E-state index in [0.29, 0.717) is 0 Å². The van der Waals surface area contributed by atoms with Gasteiger partial charge in [-0.2, -0.15) is 0 Å². The molecule has 20 heavy (non-hydrogen) atoms. The lowest BCUT2D eigenvalue weighted by Crippen LogP contribution is -2.39. The molecule has 5 heteroatoms. The van der Waals surface area contributed by atoms with Crippen molar-refractivity contribution in [2.24, 2.45) is 5.73 Å². The fourth-order valence-corrected chi connectivity index (χ4v) is 3.08. The standard InChI is InChI=1S/C15H23ClN2O2/c1-10(17)15(11-4-6-12(16)7-5-11)18-8-13(19-2)14(9-18)20-3/h4-7,10,13-15H,8-9,17H2,1-3H3. The van der Waals surface area contributed by atoms with Crippen molar-refractivity contribution in [3.05, 3.63) is 34.9 Å². The highest BCUT2D eigenvalue weighted by Gasteiger charge is 2.38. The van der Waals surface area contributed by atoms with Gasteiger partial charge in [0, 0.05) is 44.4 Å². The van der Waals surface area contributed by atoms with Gasteiger partial charge in [-0.05, 0) is 24.6 Å². The van der Waals surface area contributed by atoms with Crippen molar-refractivity contribution in [2.45, 2.75) is 31.2 Å². The van der Waals surface area contributed by atoms with E-state index >= 15 is 0 Å². The van der Waals surface area contributed by atoms with Crippen LogP contribution in [0.5, 0.6) is 0 Å². The molecule has 0 spiro atoms. The molecule has 0 saturated carbocycles. The van der Waals surface area contributed by atoms with Crippen molar-refractivity contribution in [3.8, 4) is 0 Å². The Morgan fingerprint density at radius 1 is 1.15 bits per heavy atom. The first-order valence-corrected chi connectivity index (χ1v) is 7.25. The van der Waals surface area contributed by atoms with Crippen LogP contribution in [0.15, 0.2) is 24.3 Å². The van der Waals surface area contributed by atoms with E-state index in [2.05, 4.69) is 4.90 Å². The van der Waals surface area contributed by atoms with E-state index in [1.807, 2.05) is 31.2 Å². The quantitative estimate of drug-likeness (QED) is 0.904. The van der Waals surface area contributed by atoms with Gasteiger partial charge in [-0.15, -0.1) is 0 Å². The molecule has 0 bridgehead atoms. The number of hydrogen-bond donors (Lipinski definition) is 1. The Morgan fingerprint density at radius 3 is 2.05 bits per heavy atom. The largest absolute Gasteiger partial charge is 0.377 e. The summed E-state index contributed by atoms with van der Waals surface area (Å²) in [6.45, 7) is 3.68. The maximum Gasteiger partial charge on any atom is 0.0972 e. The minimum absolute atomic E-state index is 0.0179. The third-order valence-electron chi connectivity index (χ3n) is 3.95. The Balaban J connectivity index is 2.20. The fourth-order valence-electron chi connectivity index (χ4n) is 2.96. The van der Waals surface area contributed by atoms with Gasteiger partial charge >= 0.3 is 0 Å². The lowest BCUT2D eigenvalue weighted by molar-refractivity contribution is -0.00461. The second kappa shape index (κ2) is 6.87. The van der Waals surface area contributed by atoms with Crippen LogP contribution in [-0.4, -0.2) is 50.5 Å². The maximum absolute atomic E-state index is 6.20. The minimum atomic E-state index is 0.0179. The van der Waals surface area contributed by atoms with Crippen LogP contribution in [0.2, 0.25) is 5.02 Å². The zero-order chi connectivity index (χ0) is 14.7. The molecule has 1 aromatic carbocycles. The summed E-state index contributed by atoms with van der Waals surface area (Å²) in [6, 6.07) is 8.05. The zero-order valence-corrected chi connectivity index (χ0v) is 13.0. The summed E-state index contributed by atoms with van der Waals surface area (Å²) < 4.78 is 11.0. The average molecular weight is 299 g/mol. The Morgan fingerprint density at radius 2 is 1.65 bits per heavy atom. The van der Waals surface area contributed by atoms with Gasteiger partial charge in [0.15, 0.2) is 0 Å². The molecule has 1 heterocycles. The summed E-state index contributed by atoms with van der Waals surface area (Å²) in [4.78, 5) is 2.33. The molecular formula is C15H23ClN2O2. The van der Waals surface area contributed by atoms with E-state index < -0.39 is 0 Å². The van der Waals surface area contributed by atoms with Crippen molar-refractivity contribution in [2.75, 3.05) is 27.3 Å². The molecule has 4 unspecified atom stereocenters. The van der Waals surface area contributed by atoms with E-state index in [-0.39, 0.29) is 24.3 Å². The second-order valence-corrected chi connectivity index (χ2v) is 5.79. The van der Waals surface area contributed by atoms with Crippen LogP contribution < -0.4 is 5.73 Å². The molecule has 0 amide bonds. The van der Waals surface area contributed by atoms with Gasteiger partial charge in [0.25, 0.3) is 0 Å². The summed E-state index contributed by atoms with van der Waals surface area (Å²) >= 11 is 5.96. The molecular weight excluding hydrogens is 276 g/mol. The van der Waals surface area contributed by atoms with E-state index in [1.165, 1.54) is 5.56 Å². The lowest BCUT2D eigenvalue weighted by atomic mass is 9.99. The van der Waals surface area contributed by atoms with Crippen molar-refractivity contribution in [3.63, 3.8) is 0 Å². The van der Waals surface area contributed by atoms with Gasteiger partial charge in [-0.3, -0.25) is 4.90 Å². The third-order valence-corrected chi connectivity index (χ3v) is 4.20. The van der Waals surface area contributed by atoms with Gasteiger partial charge in [0.1, 0.15) is 0 Å². The number of nitrogens with two attached hydrogens (primary N) is 1. The van der Waals surface area contributed by atoms with Crippen LogP contribution in [-0.2, 0) is 9.47 Å². The first-order chi connectivity index (χ1) is 9.56. The van der Waals surface area contributed by atoms with Crippen LogP contribution in [0.4, 0.5) is 0 Å². The molecule has 0 aromatic heterocycles. The van der Waals surface area contributed by atoms with Crippen molar-refractivity contribution >= 4 is 11.6 Å². The molecule has 2 N–H and O–H groups in total. The smallest absolute Gasteiger partial charge is 0.0972 e. The van der Waals surface area contributed by atoms with E-state index in [4.69, 9.17) is 26.8 Å². The number of hydrogen-bond acceptors (Lipinski definition) is 4. The van der Waals surface area contributed by atoms with Crippen LogP contribution in [0, 0.1) is 0 Å². The first-order valence-electron chi connectivity index (χ1n) is 6.87. The molecule has 1 fully saturated rings. The highest BCUT2D eigenvalue weighted by Crippen LogP contribution is 2.30. The van der Waals surface area contributed by atoms with Gasteiger partial charge in [-0.25, -0.2) is 0 Å². The number of halogens is 1. The number of benzene rings is 1. The molecule has 4 atom stereocenters. The third kappa shape index (κ3) is 3.32. The Kier molecular flexibility index (Phi) is 5.41. The van der Waals surface area contributed by atoms with Crippen LogP contribution in [0.3, 0.4) is 0 Å². The molecule has 1 saturated heterocycles. The summed E-state index contributed by atoms with van der Waals surface area (Å²) in [5.74, 6) is 0. The molecule has 1 aromatic rings. The monoisotopic (exact) mass is 298 g/mol.